The first-order valence-corrected chi connectivity index (χ1v) is 11.5. The minimum absolute atomic E-state index is 0.0507. The molecule has 0 saturated carbocycles. The van der Waals surface area contributed by atoms with Gasteiger partial charge in [-0.15, -0.1) is 0 Å². The van der Waals surface area contributed by atoms with Gasteiger partial charge in [-0.25, -0.2) is 0 Å². The third-order valence-electron chi connectivity index (χ3n) is 6.23. The van der Waals surface area contributed by atoms with Crippen LogP contribution in [0.2, 0.25) is 5.02 Å². The van der Waals surface area contributed by atoms with Crippen LogP contribution in [0.15, 0.2) is 60.2 Å². The molecular formula is C27H22ClNO8. The molecule has 0 radical (unpaired) electrons. The summed E-state index contributed by atoms with van der Waals surface area (Å²) in [6, 6.07) is 13.5. The van der Waals surface area contributed by atoms with E-state index in [0.29, 0.717) is 45.0 Å². The normalized spacial score (nSPS) is 17.7. The number of Topliss-reactive ketones (excluding diaryl/α,β-unsaturated/α-hetero) is 1. The van der Waals surface area contributed by atoms with Gasteiger partial charge in [0.25, 0.3) is 11.7 Å². The second-order valence-corrected chi connectivity index (χ2v) is 8.58. The Morgan fingerprint density at radius 1 is 0.892 bits per heavy atom. The van der Waals surface area contributed by atoms with E-state index >= 15 is 0 Å². The number of carbonyl (C=O) groups excluding carboxylic acids is 2. The Bertz CT molecular complexity index is 1450. The van der Waals surface area contributed by atoms with Crippen LogP contribution in [0.4, 0.5) is 5.69 Å². The Balaban J connectivity index is 1.73. The zero-order valence-electron chi connectivity index (χ0n) is 20.1. The highest BCUT2D eigenvalue weighted by Gasteiger charge is 2.47. The van der Waals surface area contributed by atoms with Gasteiger partial charge in [0.15, 0.2) is 23.0 Å². The Kier molecular flexibility index (Phi) is 6.31. The van der Waals surface area contributed by atoms with Gasteiger partial charge in [-0.1, -0.05) is 17.7 Å². The van der Waals surface area contributed by atoms with E-state index in [1.165, 1.54) is 38.4 Å². The molecule has 1 atom stereocenters. The van der Waals surface area contributed by atoms with Gasteiger partial charge in [-0.3, -0.25) is 14.5 Å². The minimum atomic E-state index is -0.998. The molecule has 5 rings (SSSR count). The van der Waals surface area contributed by atoms with Gasteiger partial charge < -0.3 is 28.8 Å². The van der Waals surface area contributed by atoms with Crippen LogP contribution in [0.5, 0.6) is 28.7 Å². The van der Waals surface area contributed by atoms with Crippen molar-refractivity contribution in [3.63, 3.8) is 0 Å². The Labute approximate surface area is 217 Å². The molecule has 2 aliphatic rings. The van der Waals surface area contributed by atoms with E-state index in [1.54, 1.807) is 42.5 Å². The van der Waals surface area contributed by atoms with Crippen molar-refractivity contribution in [2.45, 2.75) is 6.04 Å². The molecule has 1 fully saturated rings. The molecule has 10 heteroatoms. The second-order valence-electron chi connectivity index (χ2n) is 8.17. The van der Waals surface area contributed by atoms with Crippen LogP contribution >= 0.6 is 11.6 Å². The Morgan fingerprint density at radius 2 is 1.62 bits per heavy atom. The third kappa shape index (κ3) is 4.07. The molecule has 2 heterocycles. The number of benzene rings is 3. The van der Waals surface area contributed by atoms with Crippen molar-refractivity contribution < 1.29 is 38.4 Å². The first kappa shape index (κ1) is 24.3. The van der Waals surface area contributed by atoms with Crippen molar-refractivity contribution in [3.8, 4) is 28.7 Å². The van der Waals surface area contributed by atoms with Crippen LogP contribution in [-0.4, -0.2) is 44.9 Å². The molecule has 37 heavy (non-hydrogen) atoms. The number of hydrogen-bond donors (Lipinski definition) is 1. The molecular weight excluding hydrogens is 502 g/mol. The molecule has 0 aliphatic carbocycles. The Morgan fingerprint density at radius 3 is 2.35 bits per heavy atom. The van der Waals surface area contributed by atoms with Crippen LogP contribution in [0.1, 0.15) is 17.2 Å². The second kappa shape index (κ2) is 9.59. The number of aliphatic hydroxyl groups excluding tert-OH is 1. The smallest absolute Gasteiger partial charge is 0.300 e. The maximum Gasteiger partial charge on any atom is 0.300 e. The predicted octanol–water partition coefficient (Wildman–Crippen LogP) is 4.72. The monoisotopic (exact) mass is 523 g/mol. The van der Waals surface area contributed by atoms with E-state index in [4.69, 9.17) is 35.3 Å². The van der Waals surface area contributed by atoms with Gasteiger partial charge in [0, 0.05) is 17.3 Å². The maximum absolute atomic E-state index is 13.4. The predicted molar refractivity (Wildman–Crippen MR) is 135 cm³/mol. The number of hydrogen-bond acceptors (Lipinski definition) is 8. The number of ketones is 1. The number of methoxy groups -OCH3 is 3. The average Bonchev–Trinajstić information content (AvgIpc) is 3.49. The van der Waals surface area contributed by atoms with E-state index in [-0.39, 0.29) is 23.7 Å². The molecule has 1 saturated heterocycles. The fraction of sp³-hybridized carbons (Fsp3) is 0.185. The maximum atomic E-state index is 13.4. The zero-order valence-corrected chi connectivity index (χ0v) is 20.9. The van der Waals surface area contributed by atoms with Crippen LogP contribution in [0, 0.1) is 0 Å². The quantitative estimate of drug-likeness (QED) is 0.281. The summed E-state index contributed by atoms with van der Waals surface area (Å²) in [7, 11) is 4.42. The molecule has 190 valence electrons. The molecule has 9 nitrogen and oxygen atoms in total. The molecule has 3 aromatic rings. The van der Waals surface area contributed by atoms with Gasteiger partial charge in [0.1, 0.15) is 11.5 Å². The van der Waals surface area contributed by atoms with Crippen molar-refractivity contribution in [1.82, 2.24) is 0 Å². The standard InChI is InChI=1S/C27H22ClNO8/c1-33-18-8-5-14(10-21(18)35-3)24-23(25(30)15-4-7-17(28)20(11-15)34-2)26(31)27(32)29(24)16-6-9-19-22(12-16)37-13-36-19/h4-12,24,30H,13H2,1-3H3/b25-23+. The van der Waals surface area contributed by atoms with E-state index in [0.717, 1.165) is 0 Å². The average molecular weight is 524 g/mol. The van der Waals surface area contributed by atoms with Crippen LogP contribution in [0.3, 0.4) is 0 Å². The number of ether oxygens (including phenoxy) is 5. The summed E-state index contributed by atoms with van der Waals surface area (Å²) in [5, 5.41) is 11.7. The van der Waals surface area contributed by atoms with Crippen LogP contribution in [0.25, 0.3) is 5.76 Å². The highest BCUT2D eigenvalue weighted by Crippen LogP contribution is 2.46. The third-order valence-corrected chi connectivity index (χ3v) is 6.54. The lowest BCUT2D eigenvalue weighted by atomic mass is 9.94. The summed E-state index contributed by atoms with van der Waals surface area (Å²) in [6.07, 6.45) is 0. The molecule has 0 bridgehead atoms. The number of halogens is 1. The largest absolute Gasteiger partial charge is 0.507 e. The summed E-state index contributed by atoms with van der Waals surface area (Å²) in [5.74, 6) is 0.0713. The highest BCUT2D eigenvalue weighted by atomic mass is 35.5. The summed E-state index contributed by atoms with van der Waals surface area (Å²) in [4.78, 5) is 28.2. The number of anilines is 1. The van der Waals surface area contributed by atoms with Crippen molar-refractivity contribution in [3.05, 3.63) is 76.3 Å². The number of rotatable bonds is 6. The van der Waals surface area contributed by atoms with Gasteiger partial charge in [-0.2, -0.15) is 0 Å². The topological polar surface area (TPSA) is 104 Å². The molecule has 2 aliphatic heterocycles. The summed E-state index contributed by atoms with van der Waals surface area (Å²) in [5.41, 5.74) is 1.05. The lowest BCUT2D eigenvalue weighted by Crippen LogP contribution is -2.29. The van der Waals surface area contributed by atoms with Gasteiger partial charge in [-0.05, 0) is 48.0 Å². The fourth-order valence-electron chi connectivity index (χ4n) is 4.43. The van der Waals surface area contributed by atoms with Gasteiger partial charge >= 0.3 is 0 Å². The van der Waals surface area contributed by atoms with E-state index in [2.05, 4.69) is 0 Å². The molecule has 1 unspecified atom stereocenters. The first-order chi connectivity index (χ1) is 17.9. The number of fused-ring (bicyclic) bond motifs is 1. The van der Waals surface area contributed by atoms with Crippen molar-refractivity contribution in [1.29, 1.82) is 0 Å². The van der Waals surface area contributed by atoms with Crippen LogP contribution < -0.4 is 28.6 Å². The Hall–Kier alpha value is -4.37. The van der Waals surface area contributed by atoms with Gasteiger partial charge in [0.2, 0.25) is 6.79 Å². The molecule has 0 aromatic heterocycles. The van der Waals surface area contributed by atoms with Crippen molar-refractivity contribution in [2.75, 3.05) is 33.0 Å². The zero-order chi connectivity index (χ0) is 26.3. The summed E-state index contributed by atoms with van der Waals surface area (Å²) >= 11 is 6.15. The SMILES string of the molecule is COc1cc(/C(O)=C2\C(=O)C(=O)N(c3ccc4c(c3)OCO4)C2c2ccc(OC)c(OC)c2)ccc1Cl. The van der Waals surface area contributed by atoms with E-state index < -0.39 is 17.7 Å². The number of carbonyl (C=O) groups is 2. The molecule has 1 N–H and O–H groups in total. The van der Waals surface area contributed by atoms with E-state index in [1.807, 2.05) is 0 Å². The summed E-state index contributed by atoms with van der Waals surface area (Å²) in [6.45, 7) is 0.0507. The number of nitrogens with zero attached hydrogens (tertiary/aromatic N) is 1. The number of amides is 1. The summed E-state index contributed by atoms with van der Waals surface area (Å²) < 4.78 is 26.9. The van der Waals surface area contributed by atoms with Crippen molar-refractivity contribution >= 4 is 34.7 Å². The first-order valence-electron chi connectivity index (χ1n) is 11.1. The van der Waals surface area contributed by atoms with E-state index in [9.17, 15) is 14.7 Å². The molecule has 3 aromatic carbocycles. The van der Waals surface area contributed by atoms with Gasteiger partial charge in [0.05, 0.1) is 38.0 Å². The fourth-order valence-corrected chi connectivity index (χ4v) is 4.63. The molecule has 1 amide bonds. The lowest BCUT2D eigenvalue weighted by molar-refractivity contribution is -0.132. The molecule has 0 spiro atoms. The minimum Gasteiger partial charge on any atom is -0.507 e. The van der Waals surface area contributed by atoms with Crippen molar-refractivity contribution in [2.24, 2.45) is 0 Å². The number of aliphatic hydroxyl groups is 1. The highest BCUT2D eigenvalue weighted by molar-refractivity contribution is 6.51. The lowest BCUT2D eigenvalue weighted by Gasteiger charge is -2.26. The van der Waals surface area contributed by atoms with Crippen LogP contribution in [-0.2, 0) is 9.59 Å².